The Hall–Kier alpha value is -1.94. The fourth-order valence-electron chi connectivity index (χ4n) is 2.01. The van der Waals surface area contributed by atoms with Crippen molar-refractivity contribution in [3.63, 3.8) is 0 Å². The van der Waals surface area contributed by atoms with E-state index in [0.717, 1.165) is 11.1 Å². The first-order valence-electron chi connectivity index (χ1n) is 5.74. The van der Waals surface area contributed by atoms with Gasteiger partial charge in [-0.15, -0.1) is 6.58 Å². The van der Waals surface area contributed by atoms with Gasteiger partial charge in [-0.2, -0.15) is 0 Å². The van der Waals surface area contributed by atoms with Crippen LogP contribution in [0.15, 0.2) is 65.7 Å². The third-order valence-corrected chi connectivity index (χ3v) is 3.33. The van der Waals surface area contributed by atoms with Gasteiger partial charge in [-0.05, 0) is 17.2 Å². The Kier molecular flexibility index (Phi) is 4.12. The highest BCUT2D eigenvalue weighted by Gasteiger charge is 2.15. The van der Waals surface area contributed by atoms with E-state index in [1.54, 1.807) is 12.1 Å². The number of nitro groups is 1. The van der Waals surface area contributed by atoms with Gasteiger partial charge in [-0.3, -0.25) is 10.1 Å². The van der Waals surface area contributed by atoms with Crippen LogP contribution in [-0.2, 0) is 0 Å². The Labute approximate surface area is 119 Å². The van der Waals surface area contributed by atoms with Crippen LogP contribution in [0.3, 0.4) is 0 Å². The van der Waals surface area contributed by atoms with Crippen molar-refractivity contribution in [2.45, 2.75) is 5.92 Å². The van der Waals surface area contributed by atoms with Gasteiger partial charge in [0.15, 0.2) is 0 Å². The molecule has 0 N–H and O–H groups in total. The molecule has 1 unspecified atom stereocenters. The van der Waals surface area contributed by atoms with Gasteiger partial charge in [-0.1, -0.05) is 52.3 Å². The summed E-state index contributed by atoms with van der Waals surface area (Å²) in [5, 5.41) is 10.9. The molecule has 0 aliphatic rings. The summed E-state index contributed by atoms with van der Waals surface area (Å²) in [6.45, 7) is 3.83. The molecule has 2 aromatic carbocycles. The lowest BCUT2D eigenvalue weighted by Gasteiger charge is -2.13. The quantitative estimate of drug-likeness (QED) is 0.467. The normalized spacial score (nSPS) is 11.8. The molecule has 0 fully saturated rings. The highest BCUT2D eigenvalue weighted by atomic mass is 79.9. The zero-order chi connectivity index (χ0) is 13.8. The Morgan fingerprint density at radius 2 is 1.84 bits per heavy atom. The van der Waals surface area contributed by atoms with E-state index in [2.05, 4.69) is 22.5 Å². The summed E-state index contributed by atoms with van der Waals surface area (Å²) in [4.78, 5) is 10.5. The fourth-order valence-corrected chi connectivity index (χ4v) is 2.51. The highest BCUT2D eigenvalue weighted by Crippen LogP contribution is 2.31. The molecule has 0 saturated heterocycles. The molecule has 0 aromatic heterocycles. The molecule has 2 aromatic rings. The van der Waals surface area contributed by atoms with E-state index in [-0.39, 0.29) is 16.5 Å². The standard InChI is InChI=1S/C15H12BrNO2/c1-2-15(11-6-4-3-5-7-11)12-8-13(16)10-14(9-12)17(18)19/h2-10,15H,1H2. The zero-order valence-corrected chi connectivity index (χ0v) is 11.7. The second kappa shape index (κ2) is 5.80. The summed E-state index contributed by atoms with van der Waals surface area (Å²) in [6.07, 6.45) is 1.79. The van der Waals surface area contributed by atoms with Gasteiger partial charge in [0.2, 0.25) is 0 Å². The number of nitrogens with zero attached hydrogens (tertiary/aromatic N) is 1. The minimum atomic E-state index is -0.389. The number of halogens is 1. The van der Waals surface area contributed by atoms with Crippen molar-refractivity contribution in [1.29, 1.82) is 0 Å². The lowest BCUT2D eigenvalue weighted by atomic mass is 9.91. The molecule has 0 radical (unpaired) electrons. The number of allylic oxidation sites excluding steroid dienone is 1. The van der Waals surface area contributed by atoms with Crippen molar-refractivity contribution in [2.75, 3.05) is 0 Å². The number of non-ortho nitro benzene ring substituents is 1. The number of hydrogen-bond acceptors (Lipinski definition) is 2. The van der Waals surface area contributed by atoms with Crippen LogP contribution in [0.5, 0.6) is 0 Å². The van der Waals surface area contributed by atoms with Gasteiger partial charge in [0, 0.05) is 22.5 Å². The van der Waals surface area contributed by atoms with Crippen LogP contribution >= 0.6 is 15.9 Å². The third kappa shape index (κ3) is 3.09. The maximum absolute atomic E-state index is 10.9. The van der Waals surface area contributed by atoms with Crippen molar-refractivity contribution in [2.24, 2.45) is 0 Å². The molecule has 0 aliphatic heterocycles. The molecule has 0 heterocycles. The second-order valence-electron chi connectivity index (χ2n) is 4.12. The Morgan fingerprint density at radius 1 is 1.16 bits per heavy atom. The molecule has 1 atom stereocenters. The van der Waals surface area contributed by atoms with Gasteiger partial charge < -0.3 is 0 Å². The van der Waals surface area contributed by atoms with E-state index in [1.807, 2.05) is 36.4 Å². The Bertz CT molecular complexity index is 611. The Balaban J connectivity index is 2.50. The summed E-state index contributed by atoms with van der Waals surface area (Å²) < 4.78 is 0.694. The van der Waals surface area contributed by atoms with Crippen molar-refractivity contribution < 1.29 is 4.92 Å². The molecule has 3 nitrogen and oxygen atoms in total. The molecule has 4 heteroatoms. The van der Waals surface area contributed by atoms with Crippen LogP contribution < -0.4 is 0 Å². The maximum atomic E-state index is 10.9. The zero-order valence-electron chi connectivity index (χ0n) is 10.1. The van der Waals surface area contributed by atoms with E-state index in [1.165, 1.54) is 6.07 Å². The first-order chi connectivity index (χ1) is 9.11. The molecular formula is C15H12BrNO2. The second-order valence-corrected chi connectivity index (χ2v) is 5.04. The van der Waals surface area contributed by atoms with Crippen LogP contribution in [0.1, 0.15) is 17.0 Å². The average Bonchev–Trinajstić information content (AvgIpc) is 2.40. The maximum Gasteiger partial charge on any atom is 0.270 e. The van der Waals surface area contributed by atoms with Crippen molar-refractivity contribution >= 4 is 21.6 Å². The van der Waals surface area contributed by atoms with Crippen LogP contribution in [0.25, 0.3) is 0 Å². The summed E-state index contributed by atoms with van der Waals surface area (Å²) >= 11 is 3.31. The number of benzene rings is 2. The smallest absolute Gasteiger partial charge is 0.258 e. The van der Waals surface area contributed by atoms with Crippen LogP contribution in [0.4, 0.5) is 5.69 Å². The minimum Gasteiger partial charge on any atom is -0.258 e. The van der Waals surface area contributed by atoms with Crippen molar-refractivity contribution in [3.8, 4) is 0 Å². The number of nitro benzene ring substituents is 1. The molecule has 0 spiro atoms. The molecular weight excluding hydrogens is 306 g/mol. The molecule has 0 saturated carbocycles. The summed E-state index contributed by atoms with van der Waals surface area (Å²) in [5.74, 6) is -0.0580. The molecule has 0 bridgehead atoms. The number of rotatable bonds is 4. The monoisotopic (exact) mass is 317 g/mol. The lowest BCUT2D eigenvalue weighted by molar-refractivity contribution is -0.385. The summed E-state index contributed by atoms with van der Waals surface area (Å²) in [6, 6.07) is 14.8. The van der Waals surface area contributed by atoms with Gasteiger partial charge in [0.05, 0.1) is 4.92 Å². The van der Waals surface area contributed by atoms with E-state index in [9.17, 15) is 10.1 Å². The first-order valence-corrected chi connectivity index (χ1v) is 6.53. The van der Waals surface area contributed by atoms with Gasteiger partial charge >= 0.3 is 0 Å². The number of hydrogen-bond donors (Lipinski definition) is 0. The molecule has 96 valence electrons. The van der Waals surface area contributed by atoms with E-state index in [0.29, 0.717) is 4.47 Å². The van der Waals surface area contributed by atoms with Gasteiger partial charge in [0.1, 0.15) is 0 Å². The minimum absolute atomic E-state index is 0.0580. The molecule has 2 rings (SSSR count). The van der Waals surface area contributed by atoms with Crippen LogP contribution in [-0.4, -0.2) is 4.92 Å². The summed E-state index contributed by atoms with van der Waals surface area (Å²) in [5.41, 5.74) is 1.99. The van der Waals surface area contributed by atoms with Crippen molar-refractivity contribution in [1.82, 2.24) is 0 Å². The predicted octanol–water partition coefficient (Wildman–Crippen LogP) is 4.68. The SMILES string of the molecule is C=CC(c1ccccc1)c1cc(Br)cc([N+](=O)[O-])c1. The van der Waals surface area contributed by atoms with Gasteiger partial charge in [0.25, 0.3) is 5.69 Å². The summed E-state index contributed by atoms with van der Waals surface area (Å²) in [7, 11) is 0. The lowest BCUT2D eigenvalue weighted by Crippen LogP contribution is -1.99. The third-order valence-electron chi connectivity index (χ3n) is 2.87. The molecule has 0 aliphatic carbocycles. The van der Waals surface area contributed by atoms with E-state index in [4.69, 9.17) is 0 Å². The average molecular weight is 318 g/mol. The van der Waals surface area contributed by atoms with Crippen LogP contribution in [0.2, 0.25) is 0 Å². The topological polar surface area (TPSA) is 43.1 Å². The largest absolute Gasteiger partial charge is 0.270 e. The Morgan fingerprint density at radius 3 is 2.42 bits per heavy atom. The molecule has 19 heavy (non-hydrogen) atoms. The van der Waals surface area contributed by atoms with E-state index < -0.39 is 0 Å². The highest BCUT2D eigenvalue weighted by molar-refractivity contribution is 9.10. The fraction of sp³-hybridized carbons (Fsp3) is 0.0667. The van der Waals surface area contributed by atoms with Crippen LogP contribution in [0, 0.1) is 10.1 Å². The van der Waals surface area contributed by atoms with E-state index >= 15 is 0 Å². The predicted molar refractivity (Wildman–Crippen MR) is 79.3 cm³/mol. The first kappa shape index (κ1) is 13.5. The molecule has 0 amide bonds. The van der Waals surface area contributed by atoms with Crippen molar-refractivity contribution in [3.05, 3.63) is 86.9 Å². The van der Waals surface area contributed by atoms with Gasteiger partial charge in [-0.25, -0.2) is 0 Å².